The second-order valence-electron chi connectivity index (χ2n) is 6.91. The molecule has 0 aromatic heterocycles. The van der Waals surface area contributed by atoms with Gasteiger partial charge in [-0.05, 0) is 31.1 Å². The van der Waals surface area contributed by atoms with Crippen LogP contribution in [-0.4, -0.2) is 23.0 Å². The molecule has 2 aliphatic rings. The average molecular weight is 281 g/mol. The number of carboxylic acids is 1. The van der Waals surface area contributed by atoms with Gasteiger partial charge < -0.3 is 10.4 Å². The van der Waals surface area contributed by atoms with Crippen LogP contribution in [0.1, 0.15) is 65.2 Å². The minimum absolute atomic E-state index is 0.0692. The van der Waals surface area contributed by atoms with E-state index in [9.17, 15) is 14.7 Å². The first kappa shape index (κ1) is 15.3. The predicted octanol–water partition coefficient (Wildman–Crippen LogP) is 2.96. The van der Waals surface area contributed by atoms with Gasteiger partial charge in [0, 0.05) is 12.5 Å². The van der Waals surface area contributed by atoms with Crippen LogP contribution < -0.4 is 5.32 Å². The van der Waals surface area contributed by atoms with Crippen molar-refractivity contribution in [2.75, 3.05) is 0 Å². The maximum absolute atomic E-state index is 12.3. The maximum Gasteiger partial charge on any atom is 0.310 e. The first-order valence-electron chi connectivity index (χ1n) is 7.97. The molecule has 0 aliphatic heterocycles. The molecule has 1 amide bonds. The van der Waals surface area contributed by atoms with Crippen molar-refractivity contribution in [3.8, 4) is 0 Å². The molecule has 2 saturated carbocycles. The molecular formula is C16H27NO3. The lowest BCUT2D eigenvalue weighted by molar-refractivity contribution is -0.151. The van der Waals surface area contributed by atoms with Gasteiger partial charge in [-0.3, -0.25) is 9.59 Å². The van der Waals surface area contributed by atoms with Gasteiger partial charge in [0.15, 0.2) is 0 Å². The molecule has 4 heteroatoms. The zero-order valence-corrected chi connectivity index (χ0v) is 12.7. The Bertz CT molecular complexity index is 374. The average Bonchev–Trinajstić information content (AvgIpc) is 2.85. The van der Waals surface area contributed by atoms with Crippen LogP contribution in [-0.2, 0) is 9.59 Å². The number of aliphatic carboxylic acids is 1. The topological polar surface area (TPSA) is 66.4 Å². The Hall–Kier alpha value is -1.06. The quantitative estimate of drug-likeness (QED) is 0.832. The molecule has 0 aromatic rings. The van der Waals surface area contributed by atoms with Crippen LogP contribution >= 0.6 is 0 Å². The molecule has 2 rings (SSSR count). The second kappa shape index (κ2) is 6.15. The monoisotopic (exact) mass is 281 g/mol. The molecular weight excluding hydrogens is 254 g/mol. The summed E-state index contributed by atoms with van der Waals surface area (Å²) in [5, 5.41) is 12.5. The minimum Gasteiger partial charge on any atom is -0.481 e. The van der Waals surface area contributed by atoms with E-state index in [4.69, 9.17) is 0 Å². The minimum atomic E-state index is -0.798. The van der Waals surface area contributed by atoms with Gasteiger partial charge in [0.2, 0.25) is 5.91 Å². The van der Waals surface area contributed by atoms with Gasteiger partial charge in [0.05, 0.1) is 5.41 Å². The summed E-state index contributed by atoms with van der Waals surface area (Å²) < 4.78 is 0. The summed E-state index contributed by atoms with van der Waals surface area (Å²) in [6.07, 6.45) is 6.70. The fraction of sp³-hybridized carbons (Fsp3) is 0.875. The Morgan fingerprint density at radius 3 is 2.40 bits per heavy atom. The number of nitrogens with one attached hydrogen (secondary N) is 1. The highest BCUT2D eigenvalue weighted by molar-refractivity contribution is 5.85. The van der Waals surface area contributed by atoms with Gasteiger partial charge in [-0.15, -0.1) is 0 Å². The Kier molecular flexibility index (Phi) is 4.71. The number of rotatable bonds is 4. The van der Waals surface area contributed by atoms with Gasteiger partial charge in [0.1, 0.15) is 0 Å². The van der Waals surface area contributed by atoms with Crippen LogP contribution in [0.25, 0.3) is 0 Å². The van der Waals surface area contributed by atoms with E-state index in [2.05, 4.69) is 19.2 Å². The molecule has 0 spiro atoms. The zero-order chi connectivity index (χ0) is 14.8. The number of amides is 1. The molecule has 3 atom stereocenters. The van der Waals surface area contributed by atoms with Crippen molar-refractivity contribution in [1.82, 2.24) is 5.32 Å². The van der Waals surface area contributed by atoms with Crippen molar-refractivity contribution in [3.05, 3.63) is 0 Å². The number of hydrogen-bond acceptors (Lipinski definition) is 2. The van der Waals surface area contributed by atoms with E-state index >= 15 is 0 Å². The van der Waals surface area contributed by atoms with E-state index in [1.165, 1.54) is 6.42 Å². The van der Waals surface area contributed by atoms with Gasteiger partial charge >= 0.3 is 5.97 Å². The SMILES string of the molecule is CC1CCCC(NC(=O)CC2(C(=O)O)CCCC2)C1C. The molecule has 0 radical (unpaired) electrons. The van der Waals surface area contributed by atoms with Crippen LogP contribution in [0.2, 0.25) is 0 Å². The second-order valence-corrected chi connectivity index (χ2v) is 6.91. The van der Waals surface area contributed by atoms with E-state index in [0.29, 0.717) is 24.7 Å². The number of carbonyl (C=O) groups is 2. The molecule has 3 unspecified atom stereocenters. The van der Waals surface area contributed by atoms with Crippen LogP contribution in [0.5, 0.6) is 0 Å². The van der Waals surface area contributed by atoms with Crippen molar-refractivity contribution in [2.45, 2.75) is 71.3 Å². The van der Waals surface area contributed by atoms with Gasteiger partial charge in [-0.2, -0.15) is 0 Å². The van der Waals surface area contributed by atoms with Crippen molar-refractivity contribution in [1.29, 1.82) is 0 Å². The fourth-order valence-electron chi connectivity index (χ4n) is 3.87. The predicted molar refractivity (Wildman–Crippen MR) is 77.3 cm³/mol. The van der Waals surface area contributed by atoms with Crippen LogP contribution in [0.3, 0.4) is 0 Å². The molecule has 0 aromatic carbocycles. The van der Waals surface area contributed by atoms with Crippen molar-refractivity contribution >= 4 is 11.9 Å². The summed E-state index contributed by atoms with van der Waals surface area (Å²) in [6, 6.07) is 0.221. The van der Waals surface area contributed by atoms with E-state index in [1.54, 1.807) is 0 Å². The van der Waals surface area contributed by atoms with Crippen LogP contribution in [0, 0.1) is 17.3 Å². The van der Waals surface area contributed by atoms with Crippen molar-refractivity contribution < 1.29 is 14.7 Å². The largest absolute Gasteiger partial charge is 0.481 e. The summed E-state index contributed by atoms with van der Waals surface area (Å²) in [5.41, 5.74) is -0.798. The van der Waals surface area contributed by atoms with E-state index in [1.807, 2.05) is 0 Å². The standard InChI is InChI=1S/C16H27NO3/c1-11-6-5-7-13(12(11)2)17-14(18)10-16(15(19)20)8-3-4-9-16/h11-13H,3-10H2,1-2H3,(H,17,18)(H,19,20). The van der Waals surface area contributed by atoms with Gasteiger partial charge in [-0.1, -0.05) is 39.5 Å². The van der Waals surface area contributed by atoms with E-state index in [-0.39, 0.29) is 18.4 Å². The van der Waals surface area contributed by atoms with Crippen LogP contribution in [0.15, 0.2) is 0 Å². The smallest absolute Gasteiger partial charge is 0.310 e. The summed E-state index contributed by atoms with van der Waals surface area (Å²) >= 11 is 0. The van der Waals surface area contributed by atoms with E-state index in [0.717, 1.165) is 25.7 Å². The number of hydrogen-bond donors (Lipinski definition) is 2. The highest BCUT2D eigenvalue weighted by Crippen LogP contribution is 2.41. The zero-order valence-electron chi connectivity index (χ0n) is 12.7. The Morgan fingerprint density at radius 2 is 1.80 bits per heavy atom. The highest BCUT2D eigenvalue weighted by Gasteiger charge is 2.43. The molecule has 2 fully saturated rings. The molecule has 2 aliphatic carbocycles. The number of carboxylic acid groups (broad SMARTS) is 1. The van der Waals surface area contributed by atoms with Gasteiger partial charge in [0.25, 0.3) is 0 Å². The lowest BCUT2D eigenvalue weighted by Crippen LogP contribution is -2.45. The third-order valence-corrected chi connectivity index (χ3v) is 5.57. The van der Waals surface area contributed by atoms with Crippen LogP contribution in [0.4, 0.5) is 0 Å². The highest BCUT2D eigenvalue weighted by atomic mass is 16.4. The third kappa shape index (κ3) is 3.15. The van der Waals surface area contributed by atoms with Crippen molar-refractivity contribution in [3.63, 3.8) is 0 Å². The Labute approximate surface area is 121 Å². The summed E-state index contributed by atoms with van der Waals surface area (Å²) in [6.45, 7) is 4.43. The van der Waals surface area contributed by atoms with Crippen molar-refractivity contribution in [2.24, 2.45) is 17.3 Å². The first-order chi connectivity index (χ1) is 9.44. The number of carbonyl (C=O) groups excluding carboxylic acids is 1. The molecule has 20 heavy (non-hydrogen) atoms. The molecule has 0 saturated heterocycles. The fourth-order valence-corrected chi connectivity index (χ4v) is 3.87. The molecule has 4 nitrogen and oxygen atoms in total. The summed E-state index contributed by atoms with van der Waals surface area (Å²) in [5.74, 6) is 0.251. The lowest BCUT2D eigenvalue weighted by Gasteiger charge is -2.35. The Morgan fingerprint density at radius 1 is 1.15 bits per heavy atom. The summed E-state index contributed by atoms with van der Waals surface area (Å²) in [7, 11) is 0. The third-order valence-electron chi connectivity index (χ3n) is 5.57. The molecule has 0 heterocycles. The molecule has 114 valence electrons. The molecule has 2 N–H and O–H groups in total. The lowest BCUT2D eigenvalue weighted by atomic mass is 9.77. The molecule has 0 bridgehead atoms. The summed E-state index contributed by atoms with van der Waals surface area (Å²) in [4.78, 5) is 23.7. The normalized spacial score (nSPS) is 32.8. The van der Waals surface area contributed by atoms with E-state index < -0.39 is 11.4 Å². The Balaban J connectivity index is 1.93. The first-order valence-corrected chi connectivity index (χ1v) is 7.97. The maximum atomic E-state index is 12.3. The van der Waals surface area contributed by atoms with Gasteiger partial charge in [-0.25, -0.2) is 0 Å².